The van der Waals surface area contributed by atoms with Crippen molar-refractivity contribution in [2.24, 2.45) is 0 Å². The van der Waals surface area contributed by atoms with Gasteiger partial charge in [-0.3, -0.25) is 0 Å². The molecule has 0 aromatic heterocycles. The van der Waals surface area contributed by atoms with E-state index in [1.807, 2.05) is 13.8 Å². The molecule has 1 aromatic carbocycles. The van der Waals surface area contributed by atoms with E-state index in [4.69, 9.17) is 15.0 Å². The second-order valence-electron chi connectivity index (χ2n) is 3.85. The van der Waals surface area contributed by atoms with E-state index in [9.17, 15) is 9.18 Å². The van der Waals surface area contributed by atoms with Gasteiger partial charge in [0.1, 0.15) is 11.4 Å². The Kier molecular flexibility index (Phi) is 4.34. The molecule has 17 heavy (non-hydrogen) atoms. The summed E-state index contributed by atoms with van der Waals surface area (Å²) in [5.41, 5.74) is -0.655. The van der Waals surface area contributed by atoms with Gasteiger partial charge < -0.3 is 14.6 Å². The van der Waals surface area contributed by atoms with Gasteiger partial charge >= 0.3 is 13.5 Å². The molecule has 0 aliphatic heterocycles. The topological polar surface area (TPSA) is 76.0 Å². The SMILES string of the molecule is CC(C)BOc1c(OO)ccc(F)c1C(=O)O. The first-order valence-electron chi connectivity index (χ1n) is 4.97. The first-order valence-corrected chi connectivity index (χ1v) is 4.97. The molecule has 0 amide bonds. The van der Waals surface area contributed by atoms with E-state index in [0.717, 1.165) is 12.1 Å². The number of halogens is 1. The molecular weight excluding hydrogens is 230 g/mol. The predicted octanol–water partition coefficient (Wildman–Crippen LogP) is 1.93. The second-order valence-corrected chi connectivity index (χ2v) is 3.85. The third kappa shape index (κ3) is 3.10. The van der Waals surface area contributed by atoms with Gasteiger partial charge in [0.25, 0.3) is 0 Å². The number of carbonyl (C=O) groups is 1. The molecule has 0 unspecified atom stereocenters. The molecule has 2 N–H and O–H groups in total. The van der Waals surface area contributed by atoms with Crippen molar-refractivity contribution in [3.05, 3.63) is 23.5 Å². The molecule has 1 rings (SSSR count). The van der Waals surface area contributed by atoms with Crippen LogP contribution in [-0.4, -0.2) is 23.8 Å². The predicted molar refractivity (Wildman–Crippen MR) is 59.5 cm³/mol. The van der Waals surface area contributed by atoms with Crippen LogP contribution in [0.15, 0.2) is 12.1 Å². The maximum atomic E-state index is 13.3. The van der Waals surface area contributed by atoms with Crippen molar-refractivity contribution in [3.8, 4) is 11.5 Å². The Balaban J connectivity index is 3.20. The Morgan fingerprint density at radius 1 is 1.47 bits per heavy atom. The van der Waals surface area contributed by atoms with Gasteiger partial charge in [0.2, 0.25) is 5.75 Å². The van der Waals surface area contributed by atoms with Crippen LogP contribution in [-0.2, 0) is 0 Å². The number of hydrogen-bond donors (Lipinski definition) is 2. The summed E-state index contributed by atoms with van der Waals surface area (Å²) >= 11 is 0. The lowest BCUT2D eigenvalue weighted by Crippen LogP contribution is -2.12. The fourth-order valence-corrected chi connectivity index (χ4v) is 1.20. The van der Waals surface area contributed by atoms with Gasteiger partial charge in [0, 0.05) is 0 Å². The maximum Gasteiger partial charge on any atom is 0.342 e. The summed E-state index contributed by atoms with van der Waals surface area (Å²) in [4.78, 5) is 14.9. The molecule has 0 aliphatic rings. The summed E-state index contributed by atoms with van der Waals surface area (Å²) < 4.78 is 18.5. The summed E-state index contributed by atoms with van der Waals surface area (Å²) in [5, 5.41) is 17.5. The maximum absolute atomic E-state index is 13.3. The van der Waals surface area contributed by atoms with E-state index in [-0.39, 0.29) is 24.8 Å². The third-order valence-electron chi connectivity index (χ3n) is 1.94. The average Bonchev–Trinajstić information content (AvgIpc) is 2.25. The van der Waals surface area contributed by atoms with E-state index < -0.39 is 17.3 Å². The highest BCUT2D eigenvalue weighted by Gasteiger charge is 2.22. The minimum atomic E-state index is -1.49. The molecule has 0 atom stereocenters. The Bertz CT molecular complexity index is 421. The quantitative estimate of drug-likeness (QED) is 0.468. The minimum absolute atomic E-state index is 0.117. The largest absolute Gasteiger partial charge is 0.561 e. The molecule has 0 radical (unpaired) electrons. The first kappa shape index (κ1) is 13.3. The fourth-order valence-electron chi connectivity index (χ4n) is 1.20. The zero-order valence-corrected chi connectivity index (χ0v) is 9.44. The molecule has 0 spiro atoms. The van der Waals surface area contributed by atoms with Crippen molar-refractivity contribution in [1.29, 1.82) is 0 Å². The van der Waals surface area contributed by atoms with Crippen LogP contribution in [0.5, 0.6) is 11.5 Å². The van der Waals surface area contributed by atoms with Crippen LogP contribution in [0.4, 0.5) is 4.39 Å². The molecule has 0 bridgehead atoms. The summed E-state index contributed by atoms with van der Waals surface area (Å²) in [6.45, 7) is 3.69. The Hall–Kier alpha value is -1.76. The highest BCUT2D eigenvalue weighted by atomic mass is 19.1. The third-order valence-corrected chi connectivity index (χ3v) is 1.94. The lowest BCUT2D eigenvalue weighted by Gasteiger charge is -2.13. The van der Waals surface area contributed by atoms with Gasteiger partial charge in [-0.15, -0.1) is 0 Å². The van der Waals surface area contributed by atoms with Crippen molar-refractivity contribution in [3.63, 3.8) is 0 Å². The van der Waals surface area contributed by atoms with Gasteiger partial charge in [0.15, 0.2) is 5.75 Å². The first-order chi connectivity index (χ1) is 7.97. The van der Waals surface area contributed by atoms with Crippen molar-refractivity contribution in [1.82, 2.24) is 0 Å². The van der Waals surface area contributed by atoms with Crippen molar-refractivity contribution in [2.75, 3.05) is 0 Å². The van der Waals surface area contributed by atoms with Crippen LogP contribution in [0, 0.1) is 5.82 Å². The zero-order valence-electron chi connectivity index (χ0n) is 9.44. The second kappa shape index (κ2) is 5.54. The van der Waals surface area contributed by atoms with Crippen LogP contribution >= 0.6 is 0 Å². The number of rotatable bonds is 5. The number of carboxylic acid groups (broad SMARTS) is 1. The van der Waals surface area contributed by atoms with Crippen LogP contribution in [0.2, 0.25) is 5.82 Å². The lowest BCUT2D eigenvalue weighted by atomic mass is 9.83. The Labute approximate surface area is 98.0 Å². The highest BCUT2D eigenvalue weighted by molar-refractivity contribution is 6.30. The summed E-state index contributed by atoms with van der Waals surface area (Å²) in [6.07, 6.45) is 0. The van der Waals surface area contributed by atoms with Crippen molar-refractivity contribution in [2.45, 2.75) is 19.7 Å². The molecule has 5 nitrogen and oxygen atoms in total. The van der Waals surface area contributed by atoms with Crippen molar-refractivity contribution < 1.29 is 29.1 Å². The van der Waals surface area contributed by atoms with Crippen LogP contribution in [0.25, 0.3) is 0 Å². The molecule has 0 fully saturated rings. The van der Waals surface area contributed by atoms with Crippen LogP contribution in [0.1, 0.15) is 24.2 Å². The molecule has 0 saturated carbocycles. The van der Waals surface area contributed by atoms with E-state index >= 15 is 0 Å². The standard InChI is InChI=1S/C10H12BFO5/c1-5(2)11-16-9-7(17-15)4-3-6(12)8(9)10(13)14/h3-5,11,15H,1-2H3,(H,13,14). The van der Waals surface area contributed by atoms with E-state index in [1.54, 1.807) is 0 Å². The zero-order chi connectivity index (χ0) is 13.0. The van der Waals surface area contributed by atoms with Gasteiger partial charge in [0.05, 0.1) is 0 Å². The van der Waals surface area contributed by atoms with E-state index in [2.05, 4.69) is 4.89 Å². The molecule has 0 heterocycles. The molecular formula is C10H12BFO5. The highest BCUT2D eigenvalue weighted by Crippen LogP contribution is 2.33. The van der Waals surface area contributed by atoms with Gasteiger partial charge in [-0.25, -0.2) is 14.4 Å². The van der Waals surface area contributed by atoms with E-state index in [1.165, 1.54) is 0 Å². The van der Waals surface area contributed by atoms with Crippen molar-refractivity contribution >= 4 is 13.5 Å². The van der Waals surface area contributed by atoms with Crippen LogP contribution in [0.3, 0.4) is 0 Å². The summed E-state index contributed by atoms with van der Waals surface area (Å²) in [7, 11) is 0.181. The van der Waals surface area contributed by atoms with Gasteiger partial charge in [-0.2, -0.15) is 0 Å². The lowest BCUT2D eigenvalue weighted by molar-refractivity contribution is -0.138. The monoisotopic (exact) mass is 242 g/mol. The number of hydrogen-bond acceptors (Lipinski definition) is 4. The Morgan fingerprint density at radius 2 is 2.12 bits per heavy atom. The molecule has 0 aliphatic carbocycles. The molecule has 7 heteroatoms. The summed E-state index contributed by atoms with van der Waals surface area (Å²) in [6, 6.07) is 1.98. The average molecular weight is 242 g/mol. The summed E-state index contributed by atoms with van der Waals surface area (Å²) in [5.74, 6) is -2.86. The van der Waals surface area contributed by atoms with E-state index in [0.29, 0.717) is 0 Å². The fraction of sp³-hybridized carbons (Fsp3) is 0.300. The van der Waals surface area contributed by atoms with Crippen LogP contribution < -0.4 is 9.54 Å². The normalized spacial score (nSPS) is 10.2. The molecule has 1 aromatic rings. The Morgan fingerprint density at radius 3 is 2.59 bits per heavy atom. The van der Waals surface area contributed by atoms with Gasteiger partial charge in [-0.1, -0.05) is 13.8 Å². The number of aromatic carboxylic acids is 1. The molecule has 0 saturated heterocycles. The smallest absolute Gasteiger partial charge is 0.342 e. The molecule has 92 valence electrons. The minimum Gasteiger partial charge on any atom is -0.561 e. The number of benzene rings is 1. The van der Waals surface area contributed by atoms with Gasteiger partial charge in [-0.05, 0) is 17.9 Å². The number of carboxylic acids is 1.